The second kappa shape index (κ2) is 9.80. The molecule has 4 heteroatoms. The van der Waals surface area contributed by atoms with Gasteiger partial charge in [0.15, 0.2) is 0 Å². The third-order valence-electron chi connectivity index (χ3n) is 5.34. The molecule has 0 bridgehead atoms. The summed E-state index contributed by atoms with van der Waals surface area (Å²) in [6.07, 6.45) is 5.24. The summed E-state index contributed by atoms with van der Waals surface area (Å²) in [5.41, 5.74) is 7.18. The zero-order chi connectivity index (χ0) is 17.4. The molecule has 3 N–H and O–H groups in total. The minimum Gasteiger partial charge on any atom is -0.354 e. The smallest absolute Gasteiger partial charge is 0.221 e. The van der Waals surface area contributed by atoms with Crippen LogP contribution in [0.1, 0.15) is 57.6 Å². The van der Waals surface area contributed by atoms with E-state index in [0.717, 1.165) is 24.9 Å². The van der Waals surface area contributed by atoms with Gasteiger partial charge in [-0.2, -0.15) is 0 Å². The Bertz CT molecular complexity index is 479. The highest BCUT2D eigenvalue weighted by molar-refractivity contribution is 5.76. The number of nitrogens with one attached hydrogen (secondary N) is 1. The first-order chi connectivity index (χ1) is 11.7. The van der Waals surface area contributed by atoms with Crippen molar-refractivity contribution in [3.8, 4) is 0 Å². The lowest BCUT2D eigenvalue weighted by molar-refractivity contribution is -0.121. The number of hydrogen-bond acceptors (Lipinski definition) is 3. The Labute approximate surface area is 146 Å². The molecule has 1 aliphatic heterocycles. The van der Waals surface area contributed by atoms with E-state index >= 15 is 0 Å². The zero-order valence-corrected chi connectivity index (χ0v) is 15.2. The van der Waals surface area contributed by atoms with Gasteiger partial charge in [0.25, 0.3) is 0 Å². The summed E-state index contributed by atoms with van der Waals surface area (Å²) < 4.78 is 0. The lowest BCUT2D eigenvalue weighted by Crippen LogP contribution is -2.47. The minimum absolute atomic E-state index is 0.0570. The average Bonchev–Trinajstić information content (AvgIpc) is 3.13. The molecule has 0 radical (unpaired) electrons. The van der Waals surface area contributed by atoms with Crippen molar-refractivity contribution in [2.45, 2.75) is 58.0 Å². The number of benzene rings is 1. The number of hydrogen-bond donors (Lipinski definition) is 2. The van der Waals surface area contributed by atoms with E-state index in [-0.39, 0.29) is 11.9 Å². The Hall–Kier alpha value is -1.39. The summed E-state index contributed by atoms with van der Waals surface area (Å²) in [6.45, 7) is 7.59. The molecule has 4 nitrogen and oxygen atoms in total. The molecular formula is C20H33N3O. The van der Waals surface area contributed by atoms with Crippen LogP contribution in [0.15, 0.2) is 30.3 Å². The number of likely N-dealkylation sites (tertiary alicyclic amines) is 1. The van der Waals surface area contributed by atoms with Gasteiger partial charge in [0.05, 0.1) is 0 Å². The highest BCUT2D eigenvalue weighted by Gasteiger charge is 2.27. The van der Waals surface area contributed by atoms with Crippen LogP contribution in [0, 0.1) is 5.92 Å². The summed E-state index contributed by atoms with van der Waals surface area (Å²) in [5, 5.41) is 3.15. The SMILES string of the molecule is CCC(CC)C(CNC(=O)CC(N)c1ccccc1)N1CCCC1. The first-order valence-electron chi connectivity index (χ1n) is 9.47. The minimum atomic E-state index is -0.232. The monoisotopic (exact) mass is 331 g/mol. The number of rotatable bonds is 9. The zero-order valence-electron chi connectivity index (χ0n) is 15.2. The molecule has 1 aromatic rings. The molecule has 134 valence electrons. The molecule has 1 saturated heterocycles. The van der Waals surface area contributed by atoms with Crippen LogP contribution in [-0.2, 0) is 4.79 Å². The largest absolute Gasteiger partial charge is 0.354 e. The molecule has 2 rings (SSSR count). The Morgan fingerprint density at radius 2 is 1.79 bits per heavy atom. The number of carbonyl (C=O) groups is 1. The molecule has 0 saturated carbocycles. The van der Waals surface area contributed by atoms with E-state index in [1.54, 1.807) is 0 Å². The van der Waals surface area contributed by atoms with Crippen LogP contribution in [0.5, 0.6) is 0 Å². The van der Waals surface area contributed by atoms with E-state index < -0.39 is 0 Å². The van der Waals surface area contributed by atoms with Crippen molar-refractivity contribution in [1.29, 1.82) is 0 Å². The van der Waals surface area contributed by atoms with Crippen LogP contribution in [0.3, 0.4) is 0 Å². The van der Waals surface area contributed by atoms with Crippen molar-refractivity contribution in [1.82, 2.24) is 10.2 Å². The second-order valence-corrected chi connectivity index (χ2v) is 6.91. The number of nitrogens with zero attached hydrogens (tertiary/aromatic N) is 1. The van der Waals surface area contributed by atoms with Gasteiger partial charge >= 0.3 is 0 Å². The molecule has 1 fully saturated rings. The van der Waals surface area contributed by atoms with Crippen LogP contribution >= 0.6 is 0 Å². The normalized spacial score (nSPS) is 17.8. The number of amides is 1. The summed E-state index contributed by atoms with van der Waals surface area (Å²) in [6, 6.07) is 10.1. The lowest BCUT2D eigenvalue weighted by Gasteiger charge is -2.34. The molecule has 0 spiro atoms. The third-order valence-corrected chi connectivity index (χ3v) is 5.34. The van der Waals surface area contributed by atoms with Gasteiger partial charge in [-0.05, 0) is 37.4 Å². The predicted octanol–water partition coefficient (Wildman–Crippen LogP) is 3.09. The highest BCUT2D eigenvalue weighted by atomic mass is 16.1. The van der Waals surface area contributed by atoms with Crippen molar-refractivity contribution >= 4 is 5.91 Å². The van der Waals surface area contributed by atoms with Crippen molar-refractivity contribution < 1.29 is 4.79 Å². The lowest BCUT2D eigenvalue weighted by atomic mass is 9.92. The second-order valence-electron chi connectivity index (χ2n) is 6.91. The summed E-state index contributed by atoms with van der Waals surface area (Å²) >= 11 is 0. The summed E-state index contributed by atoms with van der Waals surface area (Å²) in [4.78, 5) is 14.9. The maximum Gasteiger partial charge on any atom is 0.221 e. The molecule has 1 aromatic carbocycles. The number of carbonyl (C=O) groups excluding carboxylic acids is 1. The van der Waals surface area contributed by atoms with Crippen molar-refractivity contribution in [3.05, 3.63) is 35.9 Å². The Morgan fingerprint density at radius 1 is 1.17 bits per heavy atom. The van der Waals surface area contributed by atoms with Gasteiger partial charge in [0.2, 0.25) is 5.91 Å². The van der Waals surface area contributed by atoms with Gasteiger partial charge in [-0.15, -0.1) is 0 Å². The third kappa shape index (κ3) is 5.32. The molecule has 1 aliphatic rings. The van der Waals surface area contributed by atoms with E-state index in [0.29, 0.717) is 18.4 Å². The number of nitrogens with two attached hydrogens (primary N) is 1. The van der Waals surface area contributed by atoms with Gasteiger partial charge in [0.1, 0.15) is 0 Å². The van der Waals surface area contributed by atoms with Gasteiger partial charge in [-0.25, -0.2) is 0 Å². The van der Waals surface area contributed by atoms with Crippen LogP contribution in [0.4, 0.5) is 0 Å². The van der Waals surface area contributed by atoms with Gasteiger partial charge < -0.3 is 11.1 Å². The average molecular weight is 332 g/mol. The Balaban J connectivity index is 1.87. The first kappa shape index (κ1) is 18.9. The van der Waals surface area contributed by atoms with Gasteiger partial charge in [-0.3, -0.25) is 9.69 Å². The van der Waals surface area contributed by atoms with Crippen molar-refractivity contribution in [3.63, 3.8) is 0 Å². The van der Waals surface area contributed by atoms with Crippen LogP contribution in [-0.4, -0.2) is 36.5 Å². The van der Waals surface area contributed by atoms with Crippen molar-refractivity contribution in [2.24, 2.45) is 11.7 Å². The van der Waals surface area contributed by atoms with Crippen molar-refractivity contribution in [2.75, 3.05) is 19.6 Å². The molecule has 24 heavy (non-hydrogen) atoms. The van der Waals surface area contributed by atoms with E-state index in [9.17, 15) is 4.79 Å². The Morgan fingerprint density at radius 3 is 2.38 bits per heavy atom. The molecule has 2 unspecified atom stereocenters. The predicted molar refractivity (Wildman–Crippen MR) is 99.7 cm³/mol. The Kier molecular flexibility index (Phi) is 7.73. The van der Waals surface area contributed by atoms with Gasteiger partial charge in [-0.1, -0.05) is 57.0 Å². The van der Waals surface area contributed by atoms with E-state index in [4.69, 9.17) is 5.73 Å². The summed E-state index contributed by atoms with van der Waals surface area (Å²) in [5.74, 6) is 0.702. The summed E-state index contributed by atoms with van der Waals surface area (Å²) in [7, 11) is 0. The highest BCUT2D eigenvalue weighted by Crippen LogP contribution is 2.22. The fourth-order valence-electron chi connectivity index (χ4n) is 3.81. The maximum atomic E-state index is 12.3. The topological polar surface area (TPSA) is 58.4 Å². The standard InChI is InChI=1S/C20H33N3O/c1-3-16(4-2)19(23-12-8-9-13-23)15-22-20(24)14-18(21)17-10-6-5-7-11-17/h5-7,10-11,16,18-19H,3-4,8-9,12-15,21H2,1-2H3,(H,22,24). The quantitative estimate of drug-likeness (QED) is 0.731. The van der Waals surface area contributed by atoms with E-state index in [2.05, 4.69) is 24.1 Å². The van der Waals surface area contributed by atoms with E-state index in [1.807, 2.05) is 30.3 Å². The molecule has 1 amide bonds. The molecule has 0 aromatic heterocycles. The molecular weight excluding hydrogens is 298 g/mol. The molecule has 2 atom stereocenters. The van der Waals surface area contributed by atoms with Crippen LogP contribution in [0.2, 0.25) is 0 Å². The maximum absolute atomic E-state index is 12.3. The van der Waals surface area contributed by atoms with E-state index in [1.165, 1.54) is 25.9 Å². The van der Waals surface area contributed by atoms with Gasteiger partial charge in [0, 0.05) is 25.0 Å². The fraction of sp³-hybridized carbons (Fsp3) is 0.650. The molecule has 0 aliphatic carbocycles. The fourth-order valence-corrected chi connectivity index (χ4v) is 3.81. The van der Waals surface area contributed by atoms with Crippen LogP contribution < -0.4 is 11.1 Å². The molecule has 1 heterocycles. The van der Waals surface area contributed by atoms with Crippen LogP contribution in [0.25, 0.3) is 0 Å². The first-order valence-corrected chi connectivity index (χ1v) is 9.47.